The van der Waals surface area contributed by atoms with E-state index in [1.807, 2.05) is 0 Å². The Morgan fingerprint density at radius 2 is 1.26 bits per heavy atom. The number of rotatable bonds is 8. The molecule has 35 heavy (non-hydrogen) atoms. The van der Waals surface area contributed by atoms with Crippen molar-refractivity contribution in [2.24, 2.45) is 5.92 Å². The van der Waals surface area contributed by atoms with E-state index >= 15 is 0 Å². The first-order valence-corrected chi connectivity index (χ1v) is 13.4. The molecule has 0 aromatic heterocycles. The SMILES string of the molecule is N=C(CCC1CCN(Cc2ccccc2)CC1)c1ccc2c(c1)CCN(Cc1ccccc1)CC2. The maximum atomic E-state index is 8.78. The normalized spacial score (nSPS) is 17.6. The van der Waals surface area contributed by atoms with Crippen molar-refractivity contribution in [3.05, 3.63) is 107 Å². The van der Waals surface area contributed by atoms with Crippen LogP contribution in [0.5, 0.6) is 0 Å². The molecule has 1 saturated heterocycles. The predicted octanol–water partition coefficient (Wildman–Crippen LogP) is 6.35. The molecule has 2 heterocycles. The highest BCUT2D eigenvalue weighted by atomic mass is 15.1. The van der Waals surface area contributed by atoms with Gasteiger partial charge in [0, 0.05) is 31.9 Å². The van der Waals surface area contributed by atoms with Crippen LogP contribution in [0.2, 0.25) is 0 Å². The Hall–Kier alpha value is -2.75. The van der Waals surface area contributed by atoms with Gasteiger partial charge < -0.3 is 5.41 Å². The van der Waals surface area contributed by atoms with E-state index in [1.54, 1.807) is 0 Å². The van der Waals surface area contributed by atoms with Crippen molar-refractivity contribution in [3.8, 4) is 0 Å². The largest absolute Gasteiger partial charge is 0.305 e. The van der Waals surface area contributed by atoms with E-state index in [-0.39, 0.29) is 0 Å². The second-order valence-corrected chi connectivity index (χ2v) is 10.5. The predicted molar refractivity (Wildman–Crippen MR) is 146 cm³/mol. The third-order valence-electron chi connectivity index (χ3n) is 7.96. The number of nitrogens with one attached hydrogen (secondary N) is 1. The molecule has 0 saturated carbocycles. The molecule has 2 aliphatic rings. The van der Waals surface area contributed by atoms with Crippen LogP contribution in [0.4, 0.5) is 0 Å². The van der Waals surface area contributed by atoms with Crippen LogP contribution in [0.25, 0.3) is 0 Å². The molecule has 3 aromatic rings. The van der Waals surface area contributed by atoms with E-state index < -0.39 is 0 Å². The van der Waals surface area contributed by atoms with E-state index in [0.29, 0.717) is 0 Å². The van der Waals surface area contributed by atoms with Gasteiger partial charge in [-0.2, -0.15) is 0 Å². The van der Waals surface area contributed by atoms with E-state index in [2.05, 4.69) is 88.7 Å². The quantitative estimate of drug-likeness (QED) is 0.393. The molecule has 1 N–H and O–H groups in total. The third-order valence-corrected chi connectivity index (χ3v) is 7.96. The lowest BCUT2D eigenvalue weighted by molar-refractivity contribution is 0.173. The maximum absolute atomic E-state index is 8.78. The highest BCUT2D eigenvalue weighted by molar-refractivity contribution is 5.98. The molecule has 3 heteroatoms. The summed E-state index contributed by atoms with van der Waals surface area (Å²) in [6.07, 6.45) is 6.78. The topological polar surface area (TPSA) is 30.3 Å². The smallest absolute Gasteiger partial charge is 0.0386 e. The van der Waals surface area contributed by atoms with Crippen LogP contribution < -0.4 is 0 Å². The maximum Gasteiger partial charge on any atom is 0.0386 e. The molecular weight excluding hydrogens is 426 g/mol. The lowest BCUT2D eigenvalue weighted by atomic mass is 9.89. The molecule has 182 valence electrons. The molecule has 0 atom stereocenters. The number of piperidine rings is 1. The Morgan fingerprint density at radius 1 is 0.686 bits per heavy atom. The van der Waals surface area contributed by atoms with Crippen molar-refractivity contribution in [1.29, 1.82) is 5.41 Å². The lowest BCUT2D eigenvalue weighted by Gasteiger charge is -2.32. The second-order valence-electron chi connectivity index (χ2n) is 10.5. The first-order valence-electron chi connectivity index (χ1n) is 13.4. The molecule has 0 amide bonds. The number of likely N-dealkylation sites (tertiary alicyclic amines) is 1. The third kappa shape index (κ3) is 6.68. The minimum absolute atomic E-state index is 0.759. The molecule has 0 radical (unpaired) electrons. The van der Waals surface area contributed by atoms with Crippen molar-refractivity contribution in [1.82, 2.24) is 9.80 Å². The molecule has 2 aliphatic heterocycles. The number of benzene rings is 3. The van der Waals surface area contributed by atoms with Crippen molar-refractivity contribution in [2.75, 3.05) is 26.2 Å². The number of nitrogens with zero attached hydrogens (tertiary/aromatic N) is 2. The zero-order valence-electron chi connectivity index (χ0n) is 21.0. The minimum atomic E-state index is 0.759. The van der Waals surface area contributed by atoms with Crippen LogP contribution >= 0.6 is 0 Å². The fourth-order valence-corrected chi connectivity index (χ4v) is 5.73. The van der Waals surface area contributed by atoms with Gasteiger partial charge in [-0.15, -0.1) is 0 Å². The Kier molecular flexibility index (Phi) is 8.07. The van der Waals surface area contributed by atoms with Crippen molar-refractivity contribution in [2.45, 2.75) is 51.6 Å². The molecule has 0 unspecified atom stereocenters. The summed E-state index contributed by atoms with van der Waals surface area (Å²) in [6.45, 7) is 6.68. The number of hydrogen-bond acceptors (Lipinski definition) is 3. The number of fused-ring (bicyclic) bond motifs is 1. The fourth-order valence-electron chi connectivity index (χ4n) is 5.73. The zero-order valence-corrected chi connectivity index (χ0v) is 21.0. The summed E-state index contributed by atoms with van der Waals surface area (Å²) in [4.78, 5) is 5.16. The lowest BCUT2D eigenvalue weighted by Crippen LogP contribution is -2.33. The number of hydrogen-bond donors (Lipinski definition) is 1. The van der Waals surface area contributed by atoms with Crippen LogP contribution in [0.15, 0.2) is 78.9 Å². The zero-order chi connectivity index (χ0) is 23.9. The van der Waals surface area contributed by atoms with Gasteiger partial charge in [-0.05, 0) is 91.4 Å². The molecule has 1 fully saturated rings. The monoisotopic (exact) mass is 465 g/mol. The first-order chi connectivity index (χ1) is 17.2. The van der Waals surface area contributed by atoms with Gasteiger partial charge in [-0.25, -0.2) is 0 Å². The fraction of sp³-hybridized carbons (Fsp3) is 0.406. The molecule has 0 bridgehead atoms. The van der Waals surface area contributed by atoms with E-state index in [9.17, 15) is 0 Å². The van der Waals surface area contributed by atoms with E-state index in [1.165, 1.54) is 48.2 Å². The highest BCUT2D eigenvalue weighted by Gasteiger charge is 2.20. The van der Waals surface area contributed by atoms with Gasteiger partial charge in [0.1, 0.15) is 0 Å². The molecular formula is C32H39N3. The standard InChI is InChI=1S/C32H39N3/c33-32(14-11-26-15-19-34(20-16-26)24-27-7-3-1-4-8-27)31-13-12-29-17-21-35(22-18-30(29)23-31)25-28-9-5-2-6-10-28/h1-10,12-13,23,26,33H,11,14-22,24-25H2. The molecule has 3 aromatic carbocycles. The summed E-state index contributed by atoms with van der Waals surface area (Å²) >= 11 is 0. The average molecular weight is 466 g/mol. The Balaban J connectivity index is 1.09. The molecule has 3 nitrogen and oxygen atoms in total. The first kappa shape index (κ1) is 24.0. The van der Waals surface area contributed by atoms with Crippen LogP contribution in [0.3, 0.4) is 0 Å². The molecule has 5 rings (SSSR count). The minimum Gasteiger partial charge on any atom is -0.305 e. The van der Waals surface area contributed by atoms with E-state index in [0.717, 1.165) is 69.1 Å². The average Bonchev–Trinajstić information content (AvgIpc) is 3.11. The van der Waals surface area contributed by atoms with Crippen LogP contribution in [-0.2, 0) is 25.9 Å². The van der Waals surface area contributed by atoms with Crippen molar-refractivity contribution >= 4 is 5.71 Å². The summed E-state index contributed by atoms with van der Waals surface area (Å²) in [5.74, 6) is 0.759. The van der Waals surface area contributed by atoms with Crippen molar-refractivity contribution in [3.63, 3.8) is 0 Å². The summed E-state index contributed by atoms with van der Waals surface area (Å²) < 4.78 is 0. The summed E-state index contributed by atoms with van der Waals surface area (Å²) in [6, 6.07) is 28.5. The summed E-state index contributed by atoms with van der Waals surface area (Å²) in [5.41, 5.74) is 7.71. The van der Waals surface area contributed by atoms with Gasteiger partial charge in [-0.1, -0.05) is 72.8 Å². The summed E-state index contributed by atoms with van der Waals surface area (Å²) in [5, 5.41) is 8.78. The summed E-state index contributed by atoms with van der Waals surface area (Å²) in [7, 11) is 0. The van der Waals surface area contributed by atoms with Crippen LogP contribution in [-0.4, -0.2) is 41.7 Å². The Bertz CT molecular complexity index is 1080. The highest BCUT2D eigenvalue weighted by Crippen LogP contribution is 2.25. The van der Waals surface area contributed by atoms with Gasteiger partial charge in [0.15, 0.2) is 0 Å². The van der Waals surface area contributed by atoms with Gasteiger partial charge in [0.2, 0.25) is 0 Å². The second kappa shape index (κ2) is 11.8. The van der Waals surface area contributed by atoms with E-state index in [4.69, 9.17) is 5.41 Å². The van der Waals surface area contributed by atoms with Crippen LogP contribution in [0, 0.1) is 11.3 Å². The van der Waals surface area contributed by atoms with Crippen molar-refractivity contribution < 1.29 is 0 Å². The van der Waals surface area contributed by atoms with Gasteiger partial charge in [0.05, 0.1) is 0 Å². The Morgan fingerprint density at radius 3 is 1.89 bits per heavy atom. The van der Waals surface area contributed by atoms with Gasteiger partial charge in [-0.3, -0.25) is 9.80 Å². The molecule has 0 spiro atoms. The van der Waals surface area contributed by atoms with Gasteiger partial charge in [0.25, 0.3) is 0 Å². The van der Waals surface area contributed by atoms with Gasteiger partial charge >= 0.3 is 0 Å². The Labute approximate surface area is 211 Å². The molecule has 0 aliphatic carbocycles. The van der Waals surface area contributed by atoms with Crippen LogP contribution in [0.1, 0.15) is 53.5 Å².